The lowest BCUT2D eigenvalue weighted by atomic mass is 10.2. The minimum absolute atomic E-state index is 0.0225. The number of carbonyl (C=O) groups is 1. The molecule has 5 nitrogen and oxygen atoms in total. The Labute approximate surface area is 126 Å². The van der Waals surface area contributed by atoms with Crippen LogP contribution in [0.3, 0.4) is 0 Å². The Morgan fingerprint density at radius 1 is 1.50 bits per heavy atom. The van der Waals surface area contributed by atoms with Crippen molar-refractivity contribution in [2.75, 3.05) is 13.2 Å². The Morgan fingerprint density at radius 3 is 2.95 bits per heavy atom. The van der Waals surface area contributed by atoms with Crippen LogP contribution in [0.1, 0.15) is 13.8 Å². The molecule has 0 saturated carbocycles. The van der Waals surface area contributed by atoms with E-state index in [0.29, 0.717) is 18.3 Å². The largest absolute Gasteiger partial charge is 0.466 e. The standard InChI is InChI=1S/C14H18BrN3O2/c1-9(2)7-16-13(19)8-20-14-11-6-10(15)4-5-12(11)18(3)17-14/h4-6,9H,7-8H2,1-3H3,(H,16,19). The number of nitrogens with one attached hydrogen (secondary N) is 1. The number of hydrogen-bond donors (Lipinski definition) is 1. The molecular weight excluding hydrogens is 322 g/mol. The predicted molar refractivity (Wildman–Crippen MR) is 81.8 cm³/mol. The van der Waals surface area contributed by atoms with Gasteiger partial charge in [-0.1, -0.05) is 29.8 Å². The van der Waals surface area contributed by atoms with Gasteiger partial charge >= 0.3 is 0 Å². The van der Waals surface area contributed by atoms with E-state index in [9.17, 15) is 4.79 Å². The van der Waals surface area contributed by atoms with Crippen molar-refractivity contribution in [2.45, 2.75) is 13.8 Å². The van der Waals surface area contributed by atoms with E-state index in [1.807, 2.05) is 39.1 Å². The van der Waals surface area contributed by atoms with Gasteiger partial charge in [0.2, 0.25) is 5.88 Å². The molecule has 2 rings (SSSR count). The third kappa shape index (κ3) is 3.50. The number of hydrogen-bond acceptors (Lipinski definition) is 3. The van der Waals surface area contributed by atoms with Crippen LogP contribution >= 0.6 is 15.9 Å². The molecule has 0 bridgehead atoms. The van der Waals surface area contributed by atoms with Gasteiger partial charge in [-0.2, -0.15) is 0 Å². The lowest BCUT2D eigenvalue weighted by Crippen LogP contribution is -2.31. The number of aromatic nitrogens is 2. The van der Waals surface area contributed by atoms with Gasteiger partial charge in [-0.25, -0.2) is 0 Å². The molecule has 0 aliphatic carbocycles. The molecule has 1 aromatic heterocycles. The first-order chi connectivity index (χ1) is 9.47. The van der Waals surface area contributed by atoms with Crippen LogP contribution in [0.2, 0.25) is 0 Å². The summed E-state index contributed by atoms with van der Waals surface area (Å²) in [5, 5.41) is 7.99. The Morgan fingerprint density at radius 2 is 2.25 bits per heavy atom. The fourth-order valence-electron chi connectivity index (χ4n) is 1.82. The molecule has 1 aromatic carbocycles. The molecule has 0 unspecified atom stereocenters. The molecule has 1 amide bonds. The zero-order valence-electron chi connectivity index (χ0n) is 11.8. The quantitative estimate of drug-likeness (QED) is 0.910. The van der Waals surface area contributed by atoms with Crippen LogP contribution in [-0.2, 0) is 11.8 Å². The Hall–Kier alpha value is -1.56. The first-order valence-electron chi connectivity index (χ1n) is 6.49. The second kappa shape index (κ2) is 6.26. The molecule has 20 heavy (non-hydrogen) atoms. The van der Waals surface area contributed by atoms with Crippen LogP contribution in [0.5, 0.6) is 5.88 Å². The van der Waals surface area contributed by atoms with Crippen molar-refractivity contribution in [3.05, 3.63) is 22.7 Å². The molecule has 108 valence electrons. The van der Waals surface area contributed by atoms with Gasteiger partial charge < -0.3 is 10.1 Å². The monoisotopic (exact) mass is 339 g/mol. The predicted octanol–water partition coefficient (Wildman–Crippen LogP) is 2.49. The maximum atomic E-state index is 11.7. The highest BCUT2D eigenvalue weighted by atomic mass is 79.9. The van der Waals surface area contributed by atoms with E-state index in [1.165, 1.54) is 0 Å². The van der Waals surface area contributed by atoms with E-state index >= 15 is 0 Å². The van der Waals surface area contributed by atoms with E-state index < -0.39 is 0 Å². The van der Waals surface area contributed by atoms with Gasteiger partial charge in [0, 0.05) is 18.1 Å². The van der Waals surface area contributed by atoms with E-state index in [2.05, 4.69) is 26.3 Å². The summed E-state index contributed by atoms with van der Waals surface area (Å²) in [6.07, 6.45) is 0. The molecule has 0 saturated heterocycles. The highest BCUT2D eigenvalue weighted by molar-refractivity contribution is 9.10. The summed E-state index contributed by atoms with van der Waals surface area (Å²) in [7, 11) is 1.85. The number of fused-ring (bicyclic) bond motifs is 1. The van der Waals surface area contributed by atoms with Crippen LogP contribution < -0.4 is 10.1 Å². The minimum atomic E-state index is -0.132. The van der Waals surface area contributed by atoms with Crippen molar-refractivity contribution in [2.24, 2.45) is 13.0 Å². The summed E-state index contributed by atoms with van der Waals surface area (Å²) < 4.78 is 8.21. The number of rotatable bonds is 5. The Bertz CT molecular complexity index is 622. The first-order valence-corrected chi connectivity index (χ1v) is 7.28. The van der Waals surface area contributed by atoms with Crippen LogP contribution in [0.25, 0.3) is 10.9 Å². The van der Waals surface area contributed by atoms with Crippen LogP contribution in [0.4, 0.5) is 0 Å². The van der Waals surface area contributed by atoms with Gasteiger partial charge in [0.25, 0.3) is 5.91 Å². The molecule has 0 fully saturated rings. The number of aryl methyl sites for hydroxylation is 1. The molecule has 0 aliphatic rings. The number of amides is 1. The Kier molecular flexibility index (Phi) is 4.65. The molecule has 0 radical (unpaired) electrons. The molecule has 0 aliphatic heterocycles. The highest BCUT2D eigenvalue weighted by Gasteiger charge is 2.12. The van der Waals surface area contributed by atoms with Crippen molar-refractivity contribution in [1.82, 2.24) is 15.1 Å². The third-order valence-electron chi connectivity index (χ3n) is 2.83. The maximum absolute atomic E-state index is 11.7. The third-order valence-corrected chi connectivity index (χ3v) is 3.32. The molecule has 2 aromatic rings. The summed E-state index contributed by atoms with van der Waals surface area (Å²) in [5.74, 6) is 0.765. The SMILES string of the molecule is CC(C)CNC(=O)COc1nn(C)c2ccc(Br)cc12. The van der Waals surface area contributed by atoms with E-state index in [4.69, 9.17) is 4.74 Å². The molecule has 0 spiro atoms. The summed E-state index contributed by atoms with van der Waals surface area (Å²) in [4.78, 5) is 11.7. The number of carbonyl (C=O) groups excluding carboxylic acids is 1. The van der Waals surface area contributed by atoms with Crippen LogP contribution in [0, 0.1) is 5.92 Å². The normalized spacial score (nSPS) is 11.1. The van der Waals surface area contributed by atoms with Crippen molar-refractivity contribution in [1.29, 1.82) is 0 Å². The van der Waals surface area contributed by atoms with Gasteiger partial charge in [-0.3, -0.25) is 9.48 Å². The molecular formula is C14H18BrN3O2. The van der Waals surface area contributed by atoms with E-state index in [0.717, 1.165) is 15.4 Å². The zero-order valence-corrected chi connectivity index (χ0v) is 13.4. The van der Waals surface area contributed by atoms with E-state index in [-0.39, 0.29) is 12.5 Å². The smallest absolute Gasteiger partial charge is 0.258 e. The first kappa shape index (κ1) is 14.8. The van der Waals surface area contributed by atoms with E-state index in [1.54, 1.807) is 4.68 Å². The molecule has 0 atom stereocenters. The average Bonchev–Trinajstić information content (AvgIpc) is 2.70. The van der Waals surface area contributed by atoms with Crippen LogP contribution in [-0.4, -0.2) is 28.8 Å². The maximum Gasteiger partial charge on any atom is 0.258 e. The number of benzene rings is 1. The van der Waals surface area contributed by atoms with Crippen LogP contribution in [0.15, 0.2) is 22.7 Å². The molecule has 1 heterocycles. The van der Waals surface area contributed by atoms with Gasteiger partial charge in [-0.15, -0.1) is 5.10 Å². The fourth-order valence-corrected chi connectivity index (χ4v) is 2.18. The van der Waals surface area contributed by atoms with Crippen molar-refractivity contribution < 1.29 is 9.53 Å². The Balaban J connectivity index is 2.06. The summed E-state index contributed by atoms with van der Waals surface area (Å²) in [5.41, 5.74) is 0.964. The lowest BCUT2D eigenvalue weighted by Gasteiger charge is -2.07. The second-order valence-corrected chi connectivity index (χ2v) is 5.99. The number of nitrogens with zero attached hydrogens (tertiary/aromatic N) is 2. The fraction of sp³-hybridized carbons (Fsp3) is 0.429. The van der Waals surface area contributed by atoms with Gasteiger partial charge in [0.1, 0.15) is 0 Å². The number of ether oxygens (including phenoxy) is 1. The summed E-state index contributed by atoms with van der Waals surface area (Å²) >= 11 is 3.42. The number of halogens is 1. The second-order valence-electron chi connectivity index (χ2n) is 5.08. The lowest BCUT2D eigenvalue weighted by molar-refractivity contribution is -0.123. The van der Waals surface area contributed by atoms with Crippen molar-refractivity contribution >= 4 is 32.7 Å². The van der Waals surface area contributed by atoms with Gasteiger partial charge in [0.05, 0.1) is 10.9 Å². The minimum Gasteiger partial charge on any atom is -0.466 e. The summed E-state index contributed by atoms with van der Waals surface area (Å²) in [6.45, 7) is 4.72. The summed E-state index contributed by atoms with van der Waals surface area (Å²) in [6, 6.07) is 5.84. The zero-order chi connectivity index (χ0) is 14.7. The van der Waals surface area contributed by atoms with Gasteiger partial charge in [-0.05, 0) is 24.1 Å². The average molecular weight is 340 g/mol. The highest BCUT2D eigenvalue weighted by Crippen LogP contribution is 2.27. The van der Waals surface area contributed by atoms with Crippen molar-refractivity contribution in [3.63, 3.8) is 0 Å². The van der Waals surface area contributed by atoms with Crippen molar-refractivity contribution in [3.8, 4) is 5.88 Å². The van der Waals surface area contributed by atoms with Gasteiger partial charge in [0.15, 0.2) is 6.61 Å². The molecule has 1 N–H and O–H groups in total. The topological polar surface area (TPSA) is 56.1 Å². The molecule has 6 heteroatoms.